The highest BCUT2D eigenvalue weighted by atomic mass is 16.6. The molecule has 2 unspecified atom stereocenters. The van der Waals surface area contributed by atoms with Crippen LogP contribution >= 0.6 is 0 Å². The maximum Gasteiger partial charge on any atom is 0.247 e. The van der Waals surface area contributed by atoms with Gasteiger partial charge in [0.05, 0.1) is 13.3 Å². The minimum Gasteiger partial charge on any atom is -0.394 e. The Hall–Kier alpha value is -1.30. The number of nitrogens with one attached hydrogen (secondary N) is 1. The molecule has 10 nitrogen and oxygen atoms in total. The number of likely N-dealkylation sites (N-methyl/N-ethyl adjacent to an activating group) is 1. The molecule has 10 heteroatoms. The van der Waals surface area contributed by atoms with E-state index in [2.05, 4.69) is 10.3 Å². The number of aliphatic hydroxyl groups excluding tert-OH is 3. The van der Waals surface area contributed by atoms with Gasteiger partial charge in [0.2, 0.25) is 11.9 Å². The van der Waals surface area contributed by atoms with Gasteiger partial charge in [0.15, 0.2) is 0 Å². The van der Waals surface area contributed by atoms with Gasteiger partial charge in [-0.25, -0.2) is 9.89 Å². The van der Waals surface area contributed by atoms with E-state index in [1.807, 2.05) is 4.90 Å². The summed E-state index contributed by atoms with van der Waals surface area (Å²) in [6, 6.07) is -0.500. The van der Waals surface area contributed by atoms with Gasteiger partial charge in [-0.2, -0.15) is 0 Å². The van der Waals surface area contributed by atoms with Gasteiger partial charge in [0, 0.05) is 14.1 Å². The summed E-state index contributed by atoms with van der Waals surface area (Å²) in [6.45, 7) is -0.0429. The predicted octanol–water partition coefficient (Wildman–Crippen LogP) is -3.63. The molecule has 3 heterocycles. The molecule has 23 heavy (non-hydrogen) atoms. The smallest absolute Gasteiger partial charge is 0.247 e. The first-order valence-corrected chi connectivity index (χ1v) is 7.49. The quantitative estimate of drug-likeness (QED) is 0.410. The molecule has 130 valence electrons. The van der Waals surface area contributed by atoms with Gasteiger partial charge in [0.1, 0.15) is 36.7 Å². The Bertz CT molecular complexity index is 515. The highest BCUT2D eigenvalue weighted by molar-refractivity contribution is 6.01. The zero-order valence-electron chi connectivity index (χ0n) is 13.3. The van der Waals surface area contributed by atoms with E-state index >= 15 is 0 Å². The fraction of sp³-hybridized carbons (Fsp3) is 0.846. The molecule has 6 atom stereocenters. The zero-order chi connectivity index (χ0) is 16.9. The first-order chi connectivity index (χ1) is 10.8. The average molecular weight is 329 g/mol. The van der Waals surface area contributed by atoms with Crippen LogP contribution in [-0.2, 0) is 9.53 Å². The summed E-state index contributed by atoms with van der Waals surface area (Å²) in [5, 5.41) is 32.2. The number of aliphatic hydroxyl groups is 3. The molecule has 2 fully saturated rings. The van der Waals surface area contributed by atoms with Gasteiger partial charge in [-0.15, -0.1) is 0 Å². The van der Waals surface area contributed by atoms with Crippen LogP contribution in [0.2, 0.25) is 0 Å². The number of ether oxygens (including phenoxy) is 1. The molecule has 0 saturated carbocycles. The Balaban J connectivity index is 1.89. The summed E-state index contributed by atoms with van der Waals surface area (Å²) in [5.41, 5.74) is 0. The van der Waals surface area contributed by atoms with Crippen LogP contribution in [0.1, 0.15) is 0 Å². The maximum atomic E-state index is 12.3. The van der Waals surface area contributed by atoms with E-state index in [4.69, 9.17) is 4.74 Å². The second-order valence-electron chi connectivity index (χ2n) is 6.34. The lowest BCUT2D eigenvalue weighted by Gasteiger charge is -2.33. The number of amides is 1. The molecule has 0 bridgehead atoms. The highest BCUT2D eigenvalue weighted by Gasteiger charge is 2.54. The van der Waals surface area contributed by atoms with Crippen molar-refractivity contribution >= 4 is 11.9 Å². The Morgan fingerprint density at radius 2 is 2.09 bits per heavy atom. The molecular formula is C13H23N5O5. The molecule has 3 aliphatic rings. The number of fused-ring (bicyclic) bond motifs is 1. The number of hydrogen-bond acceptors (Lipinski definition) is 9. The summed E-state index contributed by atoms with van der Waals surface area (Å²) in [7, 11) is 5.33. The van der Waals surface area contributed by atoms with E-state index in [0.717, 1.165) is 0 Å². The standard InChI is InChI=1S/C13H23N5O5/c1-16(2)13-14-10-7(11(22)15-13)17(3)5-18(10)12-9(21)8(20)6(4-19)23-12/h6-10,12,19-21H,4-5H2,1-3H3,(H,14,15,22)/t6-,7?,8-,9-,10?,12-/m1/s1. The van der Waals surface area contributed by atoms with Crippen molar-refractivity contribution in [3.63, 3.8) is 0 Å². The van der Waals surface area contributed by atoms with Crippen LogP contribution in [0, 0.1) is 0 Å². The van der Waals surface area contributed by atoms with Gasteiger partial charge in [-0.05, 0) is 7.05 Å². The third-order valence-corrected chi connectivity index (χ3v) is 4.51. The van der Waals surface area contributed by atoms with Crippen LogP contribution in [0.5, 0.6) is 0 Å². The summed E-state index contributed by atoms with van der Waals surface area (Å²) in [6.07, 6.45) is -4.58. The molecular weight excluding hydrogens is 306 g/mol. The monoisotopic (exact) mass is 329 g/mol. The van der Waals surface area contributed by atoms with Crippen LogP contribution in [0.4, 0.5) is 0 Å². The lowest BCUT2D eigenvalue weighted by molar-refractivity contribution is -0.126. The summed E-state index contributed by atoms with van der Waals surface area (Å²) in [4.78, 5) is 22.1. The number of hydrogen-bond donors (Lipinski definition) is 4. The van der Waals surface area contributed by atoms with Crippen molar-refractivity contribution in [2.75, 3.05) is 34.4 Å². The number of nitrogens with zero attached hydrogens (tertiary/aromatic N) is 4. The topological polar surface area (TPSA) is 121 Å². The zero-order valence-corrected chi connectivity index (χ0v) is 13.3. The lowest BCUT2D eigenvalue weighted by Crippen LogP contribution is -2.58. The molecule has 0 aromatic rings. The minimum atomic E-state index is -1.18. The van der Waals surface area contributed by atoms with Crippen molar-refractivity contribution in [3.8, 4) is 0 Å². The fourth-order valence-corrected chi connectivity index (χ4v) is 3.27. The summed E-state index contributed by atoms with van der Waals surface area (Å²) >= 11 is 0. The van der Waals surface area contributed by atoms with E-state index in [-0.39, 0.29) is 12.5 Å². The van der Waals surface area contributed by atoms with Crippen molar-refractivity contribution in [1.29, 1.82) is 0 Å². The molecule has 3 aliphatic heterocycles. The number of carbonyl (C=O) groups is 1. The Morgan fingerprint density at radius 3 is 2.65 bits per heavy atom. The maximum absolute atomic E-state index is 12.3. The predicted molar refractivity (Wildman–Crippen MR) is 79.1 cm³/mol. The van der Waals surface area contributed by atoms with Gasteiger partial charge in [-0.3, -0.25) is 15.0 Å². The van der Waals surface area contributed by atoms with Crippen molar-refractivity contribution in [3.05, 3.63) is 0 Å². The number of aliphatic imine (C=N–C) groups is 1. The normalized spacial score (nSPS) is 41.7. The van der Waals surface area contributed by atoms with Crippen molar-refractivity contribution in [2.24, 2.45) is 4.99 Å². The molecule has 4 N–H and O–H groups in total. The molecule has 0 aliphatic carbocycles. The SMILES string of the molecule is CN(C)C1=NC2C(C(=O)N1)N(C)CN2[C@@H]1O[C@H](CO)[C@@H](O)[C@H]1O. The number of carbonyl (C=O) groups excluding carboxylic acids is 1. The second kappa shape index (κ2) is 5.96. The van der Waals surface area contributed by atoms with Crippen LogP contribution in [0.25, 0.3) is 0 Å². The first kappa shape index (κ1) is 16.6. The van der Waals surface area contributed by atoms with E-state index in [1.54, 1.807) is 30.9 Å². The van der Waals surface area contributed by atoms with Gasteiger partial charge in [0.25, 0.3) is 0 Å². The molecule has 0 aromatic carbocycles. The van der Waals surface area contributed by atoms with Crippen LogP contribution in [0.3, 0.4) is 0 Å². The Morgan fingerprint density at radius 1 is 1.39 bits per heavy atom. The van der Waals surface area contributed by atoms with Crippen LogP contribution in [-0.4, -0.2) is 113 Å². The Labute approximate surface area is 133 Å². The highest BCUT2D eigenvalue weighted by Crippen LogP contribution is 2.32. The fourth-order valence-electron chi connectivity index (χ4n) is 3.27. The van der Waals surface area contributed by atoms with Crippen LogP contribution in [0.15, 0.2) is 4.99 Å². The lowest BCUT2D eigenvalue weighted by atomic mass is 10.1. The van der Waals surface area contributed by atoms with Crippen LogP contribution < -0.4 is 5.32 Å². The van der Waals surface area contributed by atoms with Crippen molar-refractivity contribution in [2.45, 2.75) is 36.7 Å². The Kier molecular flexibility index (Phi) is 4.29. The summed E-state index contributed by atoms with van der Waals surface area (Å²) in [5.74, 6) is 0.258. The van der Waals surface area contributed by atoms with Gasteiger partial charge >= 0.3 is 0 Å². The molecule has 0 aromatic heterocycles. The largest absolute Gasteiger partial charge is 0.394 e. The molecule has 2 saturated heterocycles. The average Bonchev–Trinajstić information content (AvgIpc) is 2.98. The third kappa shape index (κ3) is 2.61. The second-order valence-corrected chi connectivity index (χ2v) is 6.34. The van der Waals surface area contributed by atoms with E-state index in [0.29, 0.717) is 12.6 Å². The van der Waals surface area contributed by atoms with E-state index in [1.165, 1.54) is 0 Å². The van der Waals surface area contributed by atoms with E-state index < -0.39 is 36.7 Å². The molecule has 3 rings (SSSR count). The van der Waals surface area contributed by atoms with Crippen molar-refractivity contribution in [1.82, 2.24) is 20.0 Å². The van der Waals surface area contributed by atoms with E-state index in [9.17, 15) is 20.1 Å². The van der Waals surface area contributed by atoms with Gasteiger partial charge < -0.3 is 25.0 Å². The first-order valence-electron chi connectivity index (χ1n) is 7.49. The molecule has 0 radical (unpaired) electrons. The minimum absolute atomic E-state index is 0.176. The van der Waals surface area contributed by atoms with Crippen molar-refractivity contribution < 1.29 is 24.9 Å². The molecule has 1 amide bonds. The summed E-state index contributed by atoms with van der Waals surface area (Å²) < 4.78 is 5.58. The molecule has 0 spiro atoms. The third-order valence-electron chi connectivity index (χ3n) is 4.51. The number of guanidine groups is 1. The van der Waals surface area contributed by atoms with Gasteiger partial charge in [-0.1, -0.05) is 0 Å². The number of rotatable bonds is 2.